The molecule has 0 spiro atoms. The second-order valence-electron chi connectivity index (χ2n) is 4.95. The molecule has 20 heavy (non-hydrogen) atoms. The summed E-state index contributed by atoms with van der Waals surface area (Å²) in [6.45, 7) is 1.80. The lowest BCUT2D eigenvalue weighted by Crippen LogP contribution is -2.25. The molecule has 0 aliphatic heterocycles. The Kier molecular flexibility index (Phi) is 5.39. The molecule has 0 amide bonds. The van der Waals surface area contributed by atoms with Crippen molar-refractivity contribution in [3.8, 4) is 5.75 Å². The Hall–Kier alpha value is -1.11. The van der Waals surface area contributed by atoms with Gasteiger partial charge in [-0.15, -0.1) is 0 Å². The molecule has 6 heteroatoms. The van der Waals surface area contributed by atoms with Gasteiger partial charge < -0.3 is 9.47 Å². The lowest BCUT2D eigenvalue weighted by atomic mass is 10.3. The van der Waals surface area contributed by atoms with Crippen LogP contribution in [0.3, 0.4) is 0 Å². The molecule has 0 radical (unpaired) electrons. The maximum atomic E-state index is 12.0. The predicted molar refractivity (Wildman–Crippen MR) is 76.3 cm³/mol. The fourth-order valence-corrected chi connectivity index (χ4v) is 2.83. The Bertz CT molecular complexity index is 508. The second kappa shape index (κ2) is 7.06. The van der Waals surface area contributed by atoms with Gasteiger partial charge in [-0.05, 0) is 49.4 Å². The average Bonchev–Trinajstić information content (AvgIpc) is 3.27. The molecule has 0 aromatic heterocycles. The Morgan fingerprint density at radius 3 is 2.55 bits per heavy atom. The van der Waals surface area contributed by atoms with Crippen molar-refractivity contribution in [1.29, 1.82) is 0 Å². The average molecular weight is 299 g/mol. The Labute approximate surface area is 120 Å². The zero-order chi connectivity index (χ0) is 14.4. The van der Waals surface area contributed by atoms with E-state index in [-0.39, 0.29) is 4.90 Å². The molecule has 1 aliphatic rings. The van der Waals surface area contributed by atoms with Crippen LogP contribution in [0.5, 0.6) is 5.75 Å². The quantitative estimate of drug-likeness (QED) is 0.706. The van der Waals surface area contributed by atoms with E-state index in [9.17, 15) is 8.42 Å². The first-order valence-electron chi connectivity index (χ1n) is 6.83. The maximum absolute atomic E-state index is 12.0. The molecule has 5 nitrogen and oxygen atoms in total. The molecular weight excluding hydrogens is 278 g/mol. The van der Waals surface area contributed by atoms with E-state index in [1.807, 2.05) is 0 Å². The summed E-state index contributed by atoms with van der Waals surface area (Å²) in [6, 6.07) is 6.33. The predicted octanol–water partition coefficient (Wildman–Crippen LogP) is 1.79. The first-order valence-corrected chi connectivity index (χ1v) is 8.31. The zero-order valence-corrected chi connectivity index (χ0v) is 12.5. The summed E-state index contributed by atoms with van der Waals surface area (Å²) < 4.78 is 37.0. The van der Waals surface area contributed by atoms with Crippen molar-refractivity contribution in [3.63, 3.8) is 0 Å². The highest BCUT2D eigenvalue weighted by atomic mass is 32.2. The summed E-state index contributed by atoms with van der Waals surface area (Å²) in [5.41, 5.74) is 0. The van der Waals surface area contributed by atoms with Crippen LogP contribution in [0.1, 0.15) is 19.3 Å². The van der Waals surface area contributed by atoms with Gasteiger partial charge in [-0.25, -0.2) is 13.1 Å². The molecule has 0 atom stereocenters. The van der Waals surface area contributed by atoms with Crippen molar-refractivity contribution in [2.24, 2.45) is 5.92 Å². The van der Waals surface area contributed by atoms with Crippen molar-refractivity contribution in [2.75, 3.05) is 26.9 Å². The number of ether oxygens (including phenoxy) is 2. The highest BCUT2D eigenvalue weighted by Crippen LogP contribution is 2.28. The van der Waals surface area contributed by atoms with Gasteiger partial charge in [0.1, 0.15) is 5.75 Å². The molecule has 0 saturated heterocycles. The lowest BCUT2D eigenvalue weighted by Gasteiger charge is -2.08. The topological polar surface area (TPSA) is 64.6 Å². The maximum Gasteiger partial charge on any atom is 0.240 e. The van der Waals surface area contributed by atoms with E-state index < -0.39 is 10.0 Å². The molecular formula is C14H21NO4S. The van der Waals surface area contributed by atoms with Crippen LogP contribution >= 0.6 is 0 Å². The van der Waals surface area contributed by atoms with Gasteiger partial charge in [-0.1, -0.05) is 0 Å². The lowest BCUT2D eigenvalue weighted by molar-refractivity contribution is 0.123. The standard InChI is InChI=1S/C14H21NO4S/c1-18-13-5-7-14(8-6-13)20(16,17)15-9-2-10-19-11-12-3-4-12/h5-8,12,15H,2-4,9-11H2,1H3. The van der Waals surface area contributed by atoms with Gasteiger partial charge in [0.15, 0.2) is 0 Å². The van der Waals surface area contributed by atoms with E-state index in [0.717, 1.165) is 12.5 Å². The van der Waals surface area contributed by atoms with E-state index >= 15 is 0 Å². The van der Waals surface area contributed by atoms with E-state index in [0.29, 0.717) is 25.3 Å². The second-order valence-corrected chi connectivity index (χ2v) is 6.71. The monoisotopic (exact) mass is 299 g/mol. The van der Waals surface area contributed by atoms with E-state index in [4.69, 9.17) is 9.47 Å². The minimum Gasteiger partial charge on any atom is -0.497 e. The van der Waals surface area contributed by atoms with Crippen molar-refractivity contribution < 1.29 is 17.9 Å². The third-order valence-electron chi connectivity index (χ3n) is 3.18. The zero-order valence-electron chi connectivity index (χ0n) is 11.7. The van der Waals surface area contributed by atoms with Gasteiger partial charge in [-0.2, -0.15) is 0 Å². The molecule has 1 N–H and O–H groups in total. The highest BCUT2D eigenvalue weighted by molar-refractivity contribution is 7.89. The van der Waals surface area contributed by atoms with Crippen molar-refractivity contribution in [3.05, 3.63) is 24.3 Å². The summed E-state index contributed by atoms with van der Waals surface area (Å²) in [5.74, 6) is 1.38. The van der Waals surface area contributed by atoms with E-state index in [1.165, 1.54) is 25.0 Å². The van der Waals surface area contributed by atoms with Crippen LogP contribution in [0.25, 0.3) is 0 Å². The van der Waals surface area contributed by atoms with Gasteiger partial charge in [0.05, 0.1) is 12.0 Å². The molecule has 2 rings (SSSR count). The molecule has 1 fully saturated rings. The van der Waals surface area contributed by atoms with Crippen LogP contribution in [0.15, 0.2) is 29.2 Å². The Morgan fingerprint density at radius 1 is 1.25 bits per heavy atom. The van der Waals surface area contributed by atoms with Crippen molar-refractivity contribution >= 4 is 10.0 Å². The molecule has 0 bridgehead atoms. The fraction of sp³-hybridized carbons (Fsp3) is 0.571. The number of hydrogen-bond donors (Lipinski definition) is 1. The SMILES string of the molecule is COc1ccc(S(=O)(=O)NCCCOCC2CC2)cc1. The normalized spacial score (nSPS) is 15.2. The van der Waals surface area contributed by atoms with Gasteiger partial charge in [0.25, 0.3) is 0 Å². The minimum absolute atomic E-state index is 0.247. The van der Waals surface area contributed by atoms with Crippen molar-refractivity contribution in [2.45, 2.75) is 24.2 Å². The van der Waals surface area contributed by atoms with Crippen LogP contribution in [0.4, 0.5) is 0 Å². The van der Waals surface area contributed by atoms with Crippen molar-refractivity contribution in [1.82, 2.24) is 4.72 Å². The summed E-state index contributed by atoms with van der Waals surface area (Å²) in [5, 5.41) is 0. The highest BCUT2D eigenvalue weighted by Gasteiger charge is 2.20. The number of hydrogen-bond acceptors (Lipinski definition) is 4. The van der Waals surface area contributed by atoms with Crippen LogP contribution in [0, 0.1) is 5.92 Å². The van der Waals surface area contributed by atoms with Gasteiger partial charge in [0.2, 0.25) is 10.0 Å². The molecule has 1 aromatic carbocycles. The molecule has 112 valence electrons. The van der Waals surface area contributed by atoms with E-state index in [2.05, 4.69) is 4.72 Å². The fourth-order valence-electron chi connectivity index (χ4n) is 1.75. The van der Waals surface area contributed by atoms with Crippen LogP contribution in [-0.2, 0) is 14.8 Å². The molecule has 1 aromatic rings. The summed E-state index contributed by atoms with van der Waals surface area (Å²) in [7, 11) is -1.89. The molecule has 1 saturated carbocycles. The Balaban J connectivity index is 1.71. The van der Waals surface area contributed by atoms with Crippen LogP contribution in [0.2, 0.25) is 0 Å². The summed E-state index contributed by atoms with van der Waals surface area (Å²) in [4.78, 5) is 0.247. The van der Waals surface area contributed by atoms with Crippen LogP contribution < -0.4 is 9.46 Å². The number of methoxy groups -OCH3 is 1. The number of sulfonamides is 1. The largest absolute Gasteiger partial charge is 0.497 e. The third kappa shape index (κ3) is 4.77. The molecule has 0 heterocycles. The van der Waals surface area contributed by atoms with Gasteiger partial charge >= 0.3 is 0 Å². The summed E-state index contributed by atoms with van der Waals surface area (Å²) >= 11 is 0. The van der Waals surface area contributed by atoms with E-state index in [1.54, 1.807) is 19.2 Å². The number of nitrogens with one attached hydrogen (secondary N) is 1. The number of benzene rings is 1. The minimum atomic E-state index is -3.44. The van der Waals surface area contributed by atoms with Gasteiger partial charge in [0, 0.05) is 19.8 Å². The molecule has 1 aliphatic carbocycles. The molecule has 0 unspecified atom stereocenters. The number of rotatable bonds is 9. The first kappa shape index (κ1) is 15.3. The third-order valence-corrected chi connectivity index (χ3v) is 4.65. The summed E-state index contributed by atoms with van der Waals surface area (Å²) in [6.07, 6.45) is 3.22. The Morgan fingerprint density at radius 2 is 1.95 bits per heavy atom. The smallest absolute Gasteiger partial charge is 0.240 e. The first-order chi connectivity index (χ1) is 9.62. The van der Waals surface area contributed by atoms with Crippen LogP contribution in [-0.4, -0.2) is 35.3 Å². The van der Waals surface area contributed by atoms with Gasteiger partial charge in [-0.3, -0.25) is 0 Å².